The van der Waals surface area contributed by atoms with Crippen LogP contribution >= 0.6 is 0 Å². The van der Waals surface area contributed by atoms with Gasteiger partial charge >= 0.3 is 6.09 Å². The number of amides is 1. The van der Waals surface area contributed by atoms with Gasteiger partial charge in [-0.1, -0.05) is 19.2 Å². The second-order valence-corrected chi connectivity index (χ2v) is 11.3. The molecule has 1 aromatic carbocycles. The predicted octanol–water partition coefficient (Wildman–Crippen LogP) is 6.90. The van der Waals surface area contributed by atoms with Gasteiger partial charge in [-0.25, -0.2) is 14.2 Å². The number of carbonyl (C=O) groups excluding carboxylic acids is 1. The van der Waals surface area contributed by atoms with Crippen molar-refractivity contribution in [3.63, 3.8) is 0 Å². The van der Waals surface area contributed by atoms with Crippen LogP contribution in [0.25, 0.3) is 0 Å². The minimum atomic E-state index is -0.619. The molecule has 2 aliphatic heterocycles. The summed E-state index contributed by atoms with van der Waals surface area (Å²) in [5.41, 5.74) is 5.00. The number of rotatable bonds is 7. The largest absolute Gasteiger partial charge is 0.513 e. The van der Waals surface area contributed by atoms with E-state index in [1.54, 1.807) is 17.0 Å². The number of aliphatic hydroxyl groups excluding tert-OH is 1. The summed E-state index contributed by atoms with van der Waals surface area (Å²) < 4.78 is 26.0. The van der Waals surface area contributed by atoms with E-state index in [1.807, 2.05) is 53.0 Å². The van der Waals surface area contributed by atoms with Crippen molar-refractivity contribution in [2.24, 2.45) is 0 Å². The number of hydrogen-bond acceptors (Lipinski definition) is 7. The minimum Gasteiger partial charge on any atom is -0.513 e. The molecule has 2 aliphatic rings. The van der Waals surface area contributed by atoms with E-state index in [9.17, 15) is 14.3 Å². The highest BCUT2D eigenvalue weighted by Crippen LogP contribution is 2.32. The number of nitrogens with zero attached hydrogens (tertiary/aromatic N) is 3. The van der Waals surface area contributed by atoms with E-state index in [1.165, 1.54) is 6.07 Å². The molecule has 0 atom stereocenters. The van der Waals surface area contributed by atoms with Crippen LogP contribution in [0.5, 0.6) is 0 Å². The fourth-order valence-electron chi connectivity index (χ4n) is 5.11. The highest BCUT2D eigenvalue weighted by molar-refractivity contribution is 5.72. The van der Waals surface area contributed by atoms with Crippen molar-refractivity contribution < 1.29 is 23.8 Å². The van der Waals surface area contributed by atoms with Crippen molar-refractivity contribution in [2.45, 2.75) is 59.6 Å². The molecule has 0 bridgehead atoms. The van der Waals surface area contributed by atoms with Crippen molar-refractivity contribution in [1.82, 2.24) is 14.8 Å². The molecule has 0 radical (unpaired) electrons. The third kappa shape index (κ3) is 7.09. The molecule has 0 unspecified atom stereocenters. The molecule has 0 saturated carbocycles. The van der Waals surface area contributed by atoms with E-state index in [2.05, 4.69) is 28.4 Å². The molecule has 1 aromatic heterocycles. The van der Waals surface area contributed by atoms with Gasteiger partial charge in [-0.3, -0.25) is 4.90 Å². The van der Waals surface area contributed by atoms with Gasteiger partial charge in [-0.2, -0.15) is 0 Å². The van der Waals surface area contributed by atoms with Gasteiger partial charge in [0.25, 0.3) is 0 Å². The lowest BCUT2D eigenvalue weighted by Crippen LogP contribution is -2.42. The number of benzene rings is 1. The van der Waals surface area contributed by atoms with Crippen molar-refractivity contribution >= 4 is 17.6 Å². The lowest BCUT2D eigenvalue weighted by Gasteiger charge is -2.36. The second kappa shape index (κ2) is 12.1. The molecule has 0 spiro atoms. The highest BCUT2D eigenvalue weighted by atomic mass is 19.1. The Labute approximate surface area is 241 Å². The number of halogens is 1. The van der Waals surface area contributed by atoms with Crippen molar-refractivity contribution in [3.8, 4) is 0 Å². The molecule has 1 amide bonds. The number of fused-ring (bicyclic) bond motifs is 1. The van der Waals surface area contributed by atoms with E-state index in [0.717, 1.165) is 35.4 Å². The maximum atomic E-state index is 14.5. The first kappa shape index (κ1) is 29.7. The van der Waals surface area contributed by atoms with E-state index < -0.39 is 17.5 Å². The molecule has 9 heteroatoms. The van der Waals surface area contributed by atoms with Crippen molar-refractivity contribution in [2.75, 3.05) is 25.0 Å². The average Bonchev–Trinajstić information content (AvgIpc) is 2.89. The number of aliphatic hydroxyl groups is 1. The van der Waals surface area contributed by atoms with Gasteiger partial charge in [0, 0.05) is 37.1 Å². The van der Waals surface area contributed by atoms with Crippen LogP contribution in [-0.2, 0) is 28.9 Å². The molecule has 3 heterocycles. The molecule has 2 N–H and O–H groups in total. The molecule has 4 rings (SSSR count). The molecule has 2 aromatic rings. The van der Waals surface area contributed by atoms with E-state index in [0.29, 0.717) is 48.2 Å². The lowest BCUT2D eigenvalue weighted by molar-refractivity contribution is 0.0214. The van der Waals surface area contributed by atoms with Crippen LogP contribution in [0.3, 0.4) is 0 Å². The normalized spacial score (nSPS) is 16.0. The van der Waals surface area contributed by atoms with Gasteiger partial charge in [-0.05, 0) is 87.6 Å². The number of ether oxygens (including phenoxy) is 2. The monoisotopic (exact) mass is 562 g/mol. The fourth-order valence-corrected chi connectivity index (χ4v) is 5.11. The van der Waals surface area contributed by atoms with Gasteiger partial charge in [-0.15, -0.1) is 0 Å². The van der Waals surface area contributed by atoms with E-state index in [-0.39, 0.29) is 12.2 Å². The van der Waals surface area contributed by atoms with Gasteiger partial charge in [0.1, 0.15) is 29.6 Å². The van der Waals surface area contributed by atoms with Crippen molar-refractivity contribution in [3.05, 3.63) is 101 Å². The number of nitrogens with one attached hydrogen (secondary N) is 1. The topological polar surface area (TPSA) is 87.2 Å². The summed E-state index contributed by atoms with van der Waals surface area (Å²) in [6.45, 7) is 19.1. The molecular weight excluding hydrogens is 523 g/mol. The number of aromatic nitrogens is 1. The number of hydrogen-bond donors (Lipinski definition) is 2. The molecule has 0 fully saturated rings. The second-order valence-electron chi connectivity index (χ2n) is 11.3. The summed E-state index contributed by atoms with van der Waals surface area (Å²) in [6.07, 6.45) is 4.11. The predicted molar refractivity (Wildman–Crippen MR) is 158 cm³/mol. The van der Waals surface area contributed by atoms with E-state index in [4.69, 9.17) is 9.47 Å². The number of allylic oxidation sites excluding steroid dienone is 4. The number of carbonyl (C=O) groups is 1. The Morgan fingerprint density at radius 3 is 2.68 bits per heavy atom. The zero-order valence-corrected chi connectivity index (χ0v) is 24.5. The van der Waals surface area contributed by atoms with Crippen molar-refractivity contribution in [1.29, 1.82) is 0 Å². The Hall–Kier alpha value is -4.27. The highest BCUT2D eigenvalue weighted by Gasteiger charge is 2.32. The third-order valence-corrected chi connectivity index (χ3v) is 6.94. The SMILES string of the molecule is C=C/C(=C(/C)C1=C(C)OCCN1C(=O)OC(C)(C)C)N1CCc2cnc(Nc3ccc(CC(=C)O)c(F)c3)cc2C1. The van der Waals surface area contributed by atoms with Crippen LogP contribution in [0.4, 0.5) is 20.7 Å². The minimum absolute atomic E-state index is 0.0652. The summed E-state index contributed by atoms with van der Waals surface area (Å²) in [4.78, 5) is 21.5. The Morgan fingerprint density at radius 2 is 2.02 bits per heavy atom. The standard InChI is InChI=1S/C32H39FN4O4/c1-8-28(21(3)30-22(4)40-14-13-37(30)31(39)41-32(5,6)7)36-12-11-24-18-34-29(16-25(24)19-36)35-26-10-9-23(15-20(2)38)27(33)17-26/h8-10,16-18,38H,1-2,11-15,19H2,3-7H3,(H,34,35)/b28-21+. The van der Waals surface area contributed by atoms with E-state index >= 15 is 0 Å². The molecule has 8 nitrogen and oxygen atoms in total. The quantitative estimate of drug-likeness (QED) is 0.281. The summed E-state index contributed by atoms with van der Waals surface area (Å²) in [5, 5.41) is 12.6. The van der Waals surface area contributed by atoms with Crippen LogP contribution in [0, 0.1) is 5.82 Å². The first-order valence-corrected chi connectivity index (χ1v) is 13.7. The van der Waals surface area contributed by atoms with Gasteiger partial charge in [0.05, 0.1) is 18.0 Å². The summed E-state index contributed by atoms with van der Waals surface area (Å²) in [6, 6.07) is 6.72. The Balaban J connectivity index is 1.58. The van der Waals surface area contributed by atoms with Gasteiger partial charge in [0.2, 0.25) is 0 Å². The van der Waals surface area contributed by atoms with Gasteiger partial charge in [0.15, 0.2) is 0 Å². The van der Waals surface area contributed by atoms with Crippen LogP contribution in [0.15, 0.2) is 78.2 Å². The maximum Gasteiger partial charge on any atom is 0.415 e. The summed E-state index contributed by atoms with van der Waals surface area (Å²) in [5.74, 6) is 0.741. The zero-order chi connectivity index (χ0) is 29.9. The van der Waals surface area contributed by atoms with Crippen LogP contribution < -0.4 is 5.32 Å². The Kier molecular flexibility index (Phi) is 8.75. The lowest BCUT2D eigenvalue weighted by atomic mass is 9.99. The molecule has 0 saturated heterocycles. The Bertz CT molecular complexity index is 1420. The first-order valence-electron chi connectivity index (χ1n) is 13.7. The first-order chi connectivity index (χ1) is 19.4. The maximum absolute atomic E-state index is 14.5. The summed E-state index contributed by atoms with van der Waals surface area (Å²) >= 11 is 0. The van der Waals surface area contributed by atoms with Crippen LogP contribution in [-0.4, -0.2) is 51.3 Å². The number of anilines is 2. The fraction of sp³-hybridized carbons (Fsp3) is 0.375. The zero-order valence-electron chi connectivity index (χ0n) is 24.5. The van der Waals surface area contributed by atoms with Gasteiger partial charge < -0.3 is 24.8 Å². The third-order valence-electron chi connectivity index (χ3n) is 6.94. The smallest absolute Gasteiger partial charge is 0.415 e. The number of pyridine rings is 1. The molecular formula is C32H39FN4O4. The average molecular weight is 563 g/mol. The summed E-state index contributed by atoms with van der Waals surface area (Å²) in [7, 11) is 0. The molecule has 41 heavy (non-hydrogen) atoms. The molecule has 218 valence electrons. The van der Waals surface area contributed by atoms with Crippen LogP contribution in [0.1, 0.15) is 51.3 Å². The Morgan fingerprint density at radius 1 is 1.27 bits per heavy atom. The van der Waals surface area contributed by atoms with Crippen LogP contribution in [0.2, 0.25) is 0 Å². The molecule has 0 aliphatic carbocycles.